The van der Waals surface area contributed by atoms with Gasteiger partial charge in [-0.05, 0) is 60.7 Å². The number of aromatic hydroxyl groups is 1. The van der Waals surface area contributed by atoms with Crippen LogP contribution in [0.4, 0.5) is 0 Å². The SMILES string of the molecule is CCc1cc2c(CN3CCC[C@@H]3c3ccc4c(c3)OCCCO4)cc(=O)oc2cc1O. The van der Waals surface area contributed by atoms with Gasteiger partial charge < -0.3 is 19.0 Å². The van der Waals surface area contributed by atoms with Gasteiger partial charge in [0, 0.05) is 36.5 Å². The van der Waals surface area contributed by atoms with Crippen LogP contribution in [-0.2, 0) is 13.0 Å². The van der Waals surface area contributed by atoms with Gasteiger partial charge in [-0.1, -0.05) is 13.0 Å². The molecule has 1 saturated heterocycles. The highest BCUT2D eigenvalue weighted by molar-refractivity contribution is 5.82. The van der Waals surface area contributed by atoms with E-state index < -0.39 is 5.63 Å². The molecule has 3 heterocycles. The van der Waals surface area contributed by atoms with Crippen molar-refractivity contribution in [1.82, 2.24) is 4.90 Å². The van der Waals surface area contributed by atoms with Crippen LogP contribution in [0.15, 0.2) is 45.6 Å². The van der Waals surface area contributed by atoms with Gasteiger partial charge in [-0.25, -0.2) is 4.79 Å². The molecule has 1 aromatic heterocycles. The Morgan fingerprint density at radius 1 is 1.03 bits per heavy atom. The van der Waals surface area contributed by atoms with E-state index in [9.17, 15) is 9.90 Å². The third-order valence-electron chi connectivity index (χ3n) is 6.30. The Morgan fingerprint density at radius 2 is 1.87 bits per heavy atom. The molecule has 1 N–H and O–H groups in total. The molecule has 2 aromatic carbocycles. The lowest BCUT2D eigenvalue weighted by Gasteiger charge is -2.26. The van der Waals surface area contributed by atoms with Gasteiger partial charge in [0.05, 0.1) is 13.2 Å². The average Bonchev–Trinajstić information content (AvgIpc) is 3.08. The van der Waals surface area contributed by atoms with E-state index in [1.165, 1.54) is 5.56 Å². The average molecular weight is 421 g/mol. The molecular weight excluding hydrogens is 394 g/mol. The molecule has 5 rings (SSSR count). The zero-order chi connectivity index (χ0) is 21.4. The van der Waals surface area contributed by atoms with E-state index in [-0.39, 0.29) is 11.8 Å². The lowest BCUT2D eigenvalue weighted by molar-refractivity contribution is 0.248. The molecule has 0 amide bonds. The number of benzene rings is 2. The van der Waals surface area contributed by atoms with Crippen molar-refractivity contribution in [2.75, 3.05) is 19.8 Å². The summed E-state index contributed by atoms with van der Waals surface area (Å²) in [5.74, 6) is 1.79. The van der Waals surface area contributed by atoms with Crippen molar-refractivity contribution in [1.29, 1.82) is 0 Å². The van der Waals surface area contributed by atoms with Crippen LogP contribution in [0.2, 0.25) is 0 Å². The Bertz CT molecular complexity index is 1170. The monoisotopic (exact) mass is 421 g/mol. The summed E-state index contributed by atoms with van der Waals surface area (Å²) in [5.41, 5.74) is 3.03. The molecule has 6 heteroatoms. The quantitative estimate of drug-likeness (QED) is 0.623. The van der Waals surface area contributed by atoms with Crippen LogP contribution in [0.3, 0.4) is 0 Å². The fourth-order valence-corrected chi connectivity index (χ4v) is 4.72. The van der Waals surface area contributed by atoms with Gasteiger partial charge in [0.25, 0.3) is 0 Å². The maximum absolute atomic E-state index is 12.2. The molecule has 0 aliphatic carbocycles. The number of phenolic OH excluding ortho intramolecular Hbond substituents is 1. The Morgan fingerprint density at radius 3 is 2.71 bits per heavy atom. The lowest BCUT2D eigenvalue weighted by Crippen LogP contribution is -2.23. The van der Waals surface area contributed by atoms with Crippen molar-refractivity contribution >= 4 is 11.0 Å². The second-order valence-electron chi connectivity index (χ2n) is 8.31. The van der Waals surface area contributed by atoms with E-state index in [1.807, 2.05) is 19.1 Å². The molecule has 162 valence electrons. The molecule has 0 unspecified atom stereocenters. The number of hydrogen-bond acceptors (Lipinski definition) is 6. The maximum atomic E-state index is 12.2. The summed E-state index contributed by atoms with van der Waals surface area (Å²) in [6.45, 7) is 4.96. The molecule has 6 nitrogen and oxygen atoms in total. The van der Waals surface area contributed by atoms with E-state index >= 15 is 0 Å². The van der Waals surface area contributed by atoms with E-state index in [1.54, 1.807) is 12.1 Å². The Kier molecular flexibility index (Phi) is 5.32. The minimum atomic E-state index is -0.391. The van der Waals surface area contributed by atoms with Crippen LogP contribution < -0.4 is 15.1 Å². The van der Waals surface area contributed by atoms with Crippen molar-refractivity contribution in [3.8, 4) is 17.2 Å². The van der Waals surface area contributed by atoms with Crippen LogP contribution in [0.25, 0.3) is 11.0 Å². The molecule has 0 bridgehead atoms. The molecular formula is C25H27NO5. The molecule has 31 heavy (non-hydrogen) atoms. The fourth-order valence-electron chi connectivity index (χ4n) is 4.72. The normalized spacial score (nSPS) is 18.9. The predicted molar refractivity (Wildman–Crippen MR) is 118 cm³/mol. The van der Waals surface area contributed by atoms with Crippen LogP contribution in [0.5, 0.6) is 17.2 Å². The number of fused-ring (bicyclic) bond motifs is 2. The minimum Gasteiger partial charge on any atom is -0.508 e. The number of ether oxygens (including phenoxy) is 2. The summed E-state index contributed by atoms with van der Waals surface area (Å²) in [5, 5.41) is 11.1. The van der Waals surface area contributed by atoms with Crippen LogP contribution in [-0.4, -0.2) is 29.8 Å². The van der Waals surface area contributed by atoms with Gasteiger partial charge >= 0.3 is 5.63 Å². The van der Waals surface area contributed by atoms with Crippen molar-refractivity contribution < 1.29 is 19.0 Å². The molecule has 0 radical (unpaired) electrons. The van der Waals surface area contributed by atoms with Gasteiger partial charge in [0.2, 0.25) is 0 Å². The highest BCUT2D eigenvalue weighted by atomic mass is 16.5. The summed E-state index contributed by atoms with van der Waals surface area (Å²) in [4.78, 5) is 14.6. The Labute approximate surface area is 181 Å². The highest BCUT2D eigenvalue weighted by Crippen LogP contribution is 2.39. The van der Waals surface area contributed by atoms with Crippen molar-refractivity contribution in [2.45, 2.75) is 45.2 Å². The van der Waals surface area contributed by atoms with Crippen molar-refractivity contribution in [2.24, 2.45) is 0 Å². The van der Waals surface area contributed by atoms with Crippen molar-refractivity contribution in [3.63, 3.8) is 0 Å². The van der Waals surface area contributed by atoms with Crippen LogP contribution in [0.1, 0.15) is 48.9 Å². The largest absolute Gasteiger partial charge is 0.508 e. The summed E-state index contributed by atoms with van der Waals surface area (Å²) >= 11 is 0. The van der Waals surface area contributed by atoms with Gasteiger partial charge in [0.15, 0.2) is 11.5 Å². The minimum absolute atomic E-state index is 0.168. The second-order valence-corrected chi connectivity index (χ2v) is 8.31. The van der Waals surface area contributed by atoms with Crippen LogP contribution in [0, 0.1) is 0 Å². The van der Waals surface area contributed by atoms with E-state index in [2.05, 4.69) is 17.0 Å². The topological polar surface area (TPSA) is 72.1 Å². The van der Waals surface area contributed by atoms with Crippen LogP contribution >= 0.6 is 0 Å². The lowest BCUT2D eigenvalue weighted by atomic mass is 10.0. The third-order valence-corrected chi connectivity index (χ3v) is 6.30. The van der Waals surface area contributed by atoms with E-state index in [4.69, 9.17) is 13.9 Å². The number of hydrogen-bond donors (Lipinski definition) is 1. The molecule has 3 aromatic rings. The Balaban J connectivity index is 1.48. The first-order chi connectivity index (χ1) is 15.1. The Hall–Kier alpha value is -2.99. The predicted octanol–water partition coefficient (Wildman–Crippen LogP) is 4.56. The number of aryl methyl sites for hydroxylation is 1. The van der Waals surface area contributed by atoms with Crippen molar-refractivity contribution in [3.05, 3.63) is 63.5 Å². The molecule has 2 aliphatic rings. The molecule has 0 saturated carbocycles. The summed E-state index contributed by atoms with van der Waals surface area (Å²) in [6.07, 6.45) is 3.75. The first kappa shape index (κ1) is 19.9. The standard InChI is InChI=1S/C25H27NO5/c1-2-16-11-19-18(13-25(28)31-23(19)14-21(16)27)15-26-8-3-5-20(26)17-6-7-22-24(12-17)30-10-4-9-29-22/h6-7,11-14,20,27H,2-5,8-10,15H2,1H3/t20-/m1/s1. The summed E-state index contributed by atoms with van der Waals surface area (Å²) in [7, 11) is 0. The zero-order valence-electron chi connectivity index (χ0n) is 17.7. The summed E-state index contributed by atoms with van der Waals surface area (Å²) in [6, 6.07) is 11.6. The zero-order valence-corrected chi connectivity index (χ0v) is 17.7. The fraction of sp³-hybridized carbons (Fsp3) is 0.400. The molecule has 1 atom stereocenters. The number of nitrogens with zero attached hydrogens (tertiary/aromatic N) is 1. The number of rotatable bonds is 4. The number of likely N-dealkylation sites (tertiary alicyclic amines) is 1. The third kappa shape index (κ3) is 3.88. The first-order valence-corrected chi connectivity index (χ1v) is 11.0. The number of phenols is 1. The smallest absolute Gasteiger partial charge is 0.336 e. The summed E-state index contributed by atoms with van der Waals surface area (Å²) < 4.78 is 17.0. The second kappa shape index (κ2) is 8.27. The molecule has 2 aliphatic heterocycles. The first-order valence-electron chi connectivity index (χ1n) is 11.0. The van der Waals surface area contributed by atoms with Gasteiger partial charge in [0.1, 0.15) is 11.3 Å². The maximum Gasteiger partial charge on any atom is 0.336 e. The molecule has 0 spiro atoms. The molecule has 1 fully saturated rings. The van der Waals surface area contributed by atoms with Gasteiger partial charge in [-0.15, -0.1) is 0 Å². The van der Waals surface area contributed by atoms with E-state index in [0.29, 0.717) is 31.8 Å². The van der Waals surface area contributed by atoms with Gasteiger partial charge in [-0.2, -0.15) is 0 Å². The highest BCUT2D eigenvalue weighted by Gasteiger charge is 2.28. The van der Waals surface area contributed by atoms with Gasteiger partial charge in [-0.3, -0.25) is 4.90 Å². The van der Waals surface area contributed by atoms with E-state index in [0.717, 1.165) is 53.8 Å².